The van der Waals surface area contributed by atoms with Crippen LogP contribution in [0.1, 0.15) is 13.8 Å². The van der Waals surface area contributed by atoms with Crippen LogP contribution in [0.2, 0.25) is 0 Å². The van der Waals surface area contributed by atoms with Crippen LogP contribution in [0.25, 0.3) is 21.8 Å². The maximum absolute atomic E-state index is 12.5. The predicted molar refractivity (Wildman–Crippen MR) is 99.0 cm³/mol. The Morgan fingerprint density at radius 1 is 1.08 bits per heavy atom. The van der Waals surface area contributed by atoms with E-state index >= 15 is 0 Å². The van der Waals surface area contributed by atoms with E-state index in [2.05, 4.69) is 4.98 Å². The highest BCUT2D eigenvalue weighted by molar-refractivity contribution is 7.19. The highest BCUT2D eigenvalue weighted by atomic mass is 32.1. The summed E-state index contributed by atoms with van der Waals surface area (Å²) < 4.78 is 0. The molecule has 0 spiro atoms. The van der Waals surface area contributed by atoms with Gasteiger partial charge in [-0.15, -0.1) is 0 Å². The summed E-state index contributed by atoms with van der Waals surface area (Å²) in [6.07, 6.45) is 3.53. The van der Waals surface area contributed by atoms with E-state index in [0.717, 1.165) is 26.8 Å². The lowest BCUT2D eigenvalue weighted by molar-refractivity contribution is -0.121. The Labute approximate surface area is 145 Å². The Morgan fingerprint density at radius 3 is 2.42 bits per heavy atom. The summed E-state index contributed by atoms with van der Waals surface area (Å²) in [6, 6.07) is 13.8. The fraction of sp³-hybridized carbons (Fsp3) is 0.211. The molecule has 2 aromatic heterocycles. The summed E-state index contributed by atoms with van der Waals surface area (Å²) in [4.78, 5) is 23.1. The van der Waals surface area contributed by atoms with E-state index in [1.807, 2.05) is 63.4 Å². The van der Waals surface area contributed by atoms with Crippen LogP contribution in [-0.4, -0.2) is 22.9 Å². The van der Waals surface area contributed by atoms with Gasteiger partial charge in [0.2, 0.25) is 5.91 Å². The molecule has 0 aliphatic rings. The summed E-state index contributed by atoms with van der Waals surface area (Å²) in [5, 5.41) is 1.72. The summed E-state index contributed by atoms with van der Waals surface area (Å²) in [5.74, 6) is 0.0103. The van der Waals surface area contributed by atoms with Crippen molar-refractivity contribution in [2.24, 2.45) is 5.92 Å². The Kier molecular flexibility index (Phi) is 4.71. The van der Waals surface area contributed by atoms with Gasteiger partial charge in [0.15, 0.2) is 0 Å². The average Bonchev–Trinajstić information content (AvgIpc) is 3.07. The van der Waals surface area contributed by atoms with Crippen molar-refractivity contribution in [2.45, 2.75) is 13.8 Å². The lowest BCUT2D eigenvalue weighted by Crippen LogP contribution is -2.29. The monoisotopic (exact) mass is 337 g/mol. The molecular formula is C19H19N3OS. The van der Waals surface area contributed by atoms with Crippen LogP contribution < -0.4 is 4.90 Å². The second kappa shape index (κ2) is 6.93. The number of carbonyl (C=O) groups excluding carboxylic acids is 1. The fourth-order valence-corrected chi connectivity index (χ4v) is 3.47. The van der Waals surface area contributed by atoms with E-state index in [0.29, 0.717) is 0 Å². The lowest BCUT2D eigenvalue weighted by Gasteiger charge is -2.18. The van der Waals surface area contributed by atoms with Gasteiger partial charge in [-0.3, -0.25) is 9.78 Å². The van der Waals surface area contributed by atoms with Gasteiger partial charge in [0.25, 0.3) is 0 Å². The molecule has 0 radical (unpaired) electrons. The molecule has 0 saturated heterocycles. The first-order chi connectivity index (χ1) is 11.6. The molecule has 0 N–H and O–H groups in total. The van der Waals surface area contributed by atoms with Gasteiger partial charge in [0.1, 0.15) is 15.7 Å². The van der Waals surface area contributed by atoms with Gasteiger partial charge >= 0.3 is 0 Å². The number of pyridine rings is 1. The third-order valence-corrected chi connectivity index (χ3v) is 4.88. The van der Waals surface area contributed by atoms with E-state index in [9.17, 15) is 4.79 Å². The summed E-state index contributed by atoms with van der Waals surface area (Å²) in [6.45, 7) is 3.81. The van der Waals surface area contributed by atoms with E-state index in [-0.39, 0.29) is 11.8 Å². The van der Waals surface area contributed by atoms with Crippen LogP contribution in [0.4, 0.5) is 5.00 Å². The third kappa shape index (κ3) is 3.21. The van der Waals surface area contributed by atoms with Crippen LogP contribution in [-0.2, 0) is 4.79 Å². The van der Waals surface area contributed by atoms with Gasteiger partial charge in [0.05, 0.1) is 0 Å². The highest BCUT2D eigenvalue weighted by Crippen LogP contribution is 2.40. The summed E-state index contributed by atoms with van der Waals surface area (Å²) in [5.41, 5.74) is 2.79. The molecule has 0 fully saturated rings. The first-order valence-corrected chi connectivity index (χ1v) is 8.63. The molecule has 24 heavy (non-hydrogen) atoms. The number of aromatic nitrogens is 2. The Hall–Kier alpha value is -2.53. The van der Waals surface area contributed by atoms with Crippen LogP contribution in [0.15, 0.2) is 54.9 Å². The lowest BCUT2D eigenvalue weighted by atomic mass is 10.1. The molecule has 1 amide bonds. The zero-order chi connectivity index (χ0) is 17.1. The Morgan fingerprint density at radius 2 is 1.79 bits per heavy atom. The van der Waals surface area contributed by atoms with E-state index in [1.54, 1.807) is 17.3 Å². The number of benzene rings is 1. The molecule has 3 rings (SSSR count). The van der Waals surface area contributed by atoms with Crippen molar-refractivity contribution in [1.29, 1.82) is 0 Å². The zero-order valence-electron chi connectivity index (χ0n) is 13.9. The number of rotatable bonds is 4. The molecule has 122 valence electrons. The number of anilines is 1. The smallest absolute Gasteiger partial charge is 0.229 e. The van der Waals surface area contributed by atoms with Gasteiger partial charge in [-0.1, -0.05) is 55.5 Å². The third-order valence-electron chi connectivity index (χ3n) is 3.69. The summed E-state index contributed by atoms with van der Waals surface area (Å²) in [7, 11) is 1.81. The first-order valence-electron chi connectivity index (χ1n) is 7.82. The van der Waals surface area contributed by atoms with Gasteiger partial charge in [-0.2, -0.15) is 0 Å². The largest absolute Gasteiger partial charge is 0.305 e. The Bertz CT molecular complexity index is 828. The van der Waals surface area contributed by atoms with Crippen molar-refractivity contribution in [3.63, 3.8) is 0 Å². The normalized spacial score (nSPS) is 10.8. The van der Waals surface area contributed by atoms with Crippen molar-refractivity contribution < 1.29 is 4.79 Å². The van der Waals surface area contributed by atoms with Crippen LogP contribution in [0.3, 0.4) is 0 Å². The Balaban J connectivity index is 2.12. The van der Waals surface area contributed by atoms with Gasteiger partial charge < -0.3 is 4.90 Å². The molecule has 5 heteroatoms. The highest BCUT2D eigenvalue weighted by Gasteiger charge is 2.23. The van der Waals surface area contributed by atoms with Crippen molar-refractivity contribution in [3.8, 4) is 21.8 Å². The molecule has 0 unspecified atom stereocenters. The van der Waals surface area contributed by atoms with Crippen molar-refractivity contribution in [2.75, 3.05) is 11.9 Å². The number of nitrogens with zero attached hydrogens (tertiary/aromatic N) is 3. The van der Waals surface area contributed by atoms with Crippen LogP contribution in [0.5, 0.6) is 0 Å². The van der Waals surface area contributed by atoms with Crippen molar-refractivity contribution >= 4 is 22.2 Å². The molecule has 2 heterocycles. The standard InChI is InChI=1S/C19H19N3OS/c1-13(2)18(23)22(3)19-16(14-8-5-4-6-9-14)21-17(24-19)15-10-7-11-20-12-15/h4-13H,1-3H3. The van der Waals surface area contributed by atoms with E-state index < -0.39 is 0 Å². The predicted octanol–water partition coefficient (Wildman–Crippen LogP) is 4.49. The number of amides is 1. The van der Waals surface area contributed by atoms with Gasteiger partial charge in [-0.05, 0) is 12.1 Å². The molecule has 0 atom stereocenters. The number of hydrogen-bond donors (Lipinski definition) is 0. The fourth-order valence-electron chi connectivity index (χ4n) is 2.42. The van der Waals surface area contributed by atoms with Crippen LogP contribution >= 0.6 is 11.3 Å². The second-order valence-corrected chi connectivity index (χ2v) is 6.81. The number of hydrogen-bond acceptors (Lipinski definition) is 4. The van der Waals surface area contributed by atoms with E-state index in [1.165, 1.54) is 11.3 Å². The maximum atomic E-state index is 12.5. The SMILES string of the molecule is CC(C)C(=O)N(C)c1sc(-c2cccnc2)nc1-c1ccccc1. The van der Waals surface area contributed by atoms with Crippen molar-refractivity contribution in [3.05, 3.63) is 54.9 Å². The molecule has 4 nitrogen and oxygen atoms in total. The molecule has 0 aliphatic heterocycles. The molecule has 1 aromatic carbocycles. The minimum Gasteiger partial charge on any atom is -0.305 e. The maximum Gasteiger partial charge on any atom is 0.229 e. The molecule has 0 aliphatic carbocycles. The average molecular weight is 337 g/mol. The molecule has 3 aromatic rings. The quantitative estimate of drug-likeness (QED) is 0.704. The van der Waals surface area contributed by atoms with Gasteiger partial charge in [0, 0.05) is 36.5 Å². The topological polar surface area (TPSA) is 46.1 Å². The zero-order valence-corrected chi connectivity index (χ0v) is 14.7. The number of thiazole rings is 1. The molecular weight excluding hydrogens is 318 g/mol. The molecule has 0 bridgehead atoms. The van der Waals surface area contributed by atoms with Crippen LogP contribution in [0, 0.1) is 5.92 Å². The molecule has 0 saturated carbocycles. The first kappa shape index (κ1) is 16.3. The minimum atomic E-state index is -0.0671. The van der Waals surface area contributed by atoms with Gasteiger partial charge in [-0.25, -0.2) is 4.98 Å². The van der Waals surface area contributed by atoms with Crippen molar-refractivity contribution in [1.82, 2.24) is 9.97 Å². The van der Waals surface area contributed by atoms with E-state index in [4.69, 9.17) is 4.98 Å². The summed E-state index contributed by atoms with van der Waals surface area (Å²) >= 11 is 1.52. The second-order valence-electron chi connectivity index (χ2n) is 5.83. The minimum absolute atomic E-state index is 0.0671. The number of carbonyl (C=O) groups is 1.